The van der Waals surface area contributed by atoms with E-state index in [9.17, 15) is 28.8 Å². The van der Waals surface area contributed by atoms with Gasteiger partial charge in [0.15, 0.2) is 0 Å². The van der Waals surface area contributed by atoms with E-state index in [-0.39, 0.29) is 53.0 Å². The van der Waals surface area contributed by atoms with Crippen molar-refractivity contribution in [3.8, 4) is 71.0 Å². The fourth-order valence-corrected chi connectivity index (χ4v) is 17.2. The molecule has 12 aromatic carbocycles. The van der Waals surface area contributed by atoms with E-state index >= 15 is 0 Å². The van der Waals surface area contributed by atoms with Crippen LogP contribution >= 0.6 is 0 Å². The molecule has 2 atom stereocenters. The number of benzene rings is 12. The van der Waals surface area contributed by atoms with Crippen molar-refractivity contribution < 1.29 is 18.9 Å². The van der Waals surface area contributed by atoms with Gasteiger partial charge in [0.25, 0.3) is 33.4 Å². The number of rotatable bonds is 4. The van der Waals surface area contributed by atoms with Gasteiger partial charge in [-0.2, -0.15) is 0 Å². The molecule has 2 unspecified atom stereocenters. The first kappa shape index (κ1) is 99.8. The fraction of sp³-hybridized carbons (Fsp3) is 0.232. The summed E-state index contributed by atoms with van der Waals surface area (Å²) in [5, 5.41) is 3.83. The summed E-state index contributed by atoms with van der Waals surface area (Å²) >= 11 is 0. The molecule has 2 aliphatic carbocycles. The number of nitrogens with zero attached hydrogens (tertiary/aromatic N) is 12. The minimum atomic E-state index is -0.00630. The van der Waals surface area contributed by atoms with Gasteiger partial charge in [-0.3, -0.25) is 56.2 Å². The molecule has 0 spiro atoms. The first-order valence-corrected chi connectivity index (χ1v) is 49.0. The van der Waals surface area contributed by atoms with Crippen molar-refractivity contribution in [2.75, 3.05) is 13.2 Å². The quantitative estimate of drug-likeness (QED) is 0.149. The Morgan fingerprint density at radius 1 is 0.272 bits per heavy atom. The van der Waals surface area contributed by atoms with Crippen LogP contribution in [-0.4, -0.2) is 82.7 Å². The zero-order valence-corrected chi connectivity index (χ0v) is 82.5. The van der Waals surface area contributed by atoms with Crippen molar-refractivity contribution in [3.63, 3.8) is 0 Å². The second-order valence-corrected chi connectivity index (χ2v) is 37.6. The summed E-state index contributed by atoms with van der Waals surface area (Å²) in [6.45, 7) is 22.6. The molecule has 2 fully saturated rings. The third-order valence-electron chi connectivity index (χ3n) is 25.7. The topological polar surface area (TPSA) is 246 Å². The van der Waals surface area contributed by atoms with Crippen LogP contribution < -0.4 is 33.4 Å². The first-order chi connectivity index (χ1) is 71.0. The number of hydrogen-bond donors (Lipinski definition) is 0. The van der Waals surface area contributed by atoms with Gasteiger partial charge in [-0.1, -0.05) is 168 Å². The molecular formula is C125H108N12O10. The van der Waals surface area contributed by atoms with E-state index in [0.717, 1.165) is 79.9 Å². The predicted octanol–water partition coefficient (Wildman–Crippen LogP) is 19.0. The molecule has 0 saturated heterocycles. The second-order valence-electron chi connectivity index (χ2n) is 37.6. The van der Waals surface area contributed by atoms with Gasteiger partial charge in [-0.15, -0.1) is 0 Å². The van der Waals surface area contributed by atoms with Crippen LogP contribution in [0.15, 0.2) is 296 Å². The van der Waals surface area contributed by atoms with E-state index in [2.05, 4.69) is 141 Å². The highest BCUT2D eigenvalue weighted by Crippen LogP contribution is 2.32. The molecule has 0 bridgehead atoms. The summed E-state index contributed by atoms with van der Waals surface area (Å²) < 4.78 is 32.3. The fourth-order valence-electron chi connectivity index (χ4n) is 17.2. The Morgan fingerprint density at radius 3 is 0.796 bits per heavy atom. The molecule has 18 aromatic rings. The lowest BCUT2D eigenvalue weighted by molar-refractivity contribution is 0.0116. The molecule has 728 valence electrons. The molecule has 0 N–H and O–H groups in total. The van der Waals surface area contributed by atoms with Crippen LogP contribution in [-0.2, 0) is 84.6 Å². The normalized spacial score (nSPS) is 14.2. The Kier molecular flexibility index (Phi) is 30.9. The van der Waals surface area contributed by atoms with Gasteiger partial charge < -0.3 is 18.9 Å². The number of ether oxygens (including phenoxy) is 4. The van der Waals surface area contributed by atoms with Crippen LogP contribution in [0.4, 0.5) is 0 Å². The highest BCUT2D eigenvalue weighted by Gasteiger charge is 2.26. The number of aryl methyl sites for hydroxylation is 6. The van der Waals surface area contributed by atoms with E-state index in [1.807, 2.05) is 270 Å². The maximum absolute atomic E-state index is 12.7. The maximum Gasteiger partial charge on any atom is 0.261 e. The lowest BCUT2D eigenvalue weighted by Gasteiger charge is -2.23. The van der Waals surface area contributed by atoms with Crippen LogP contribution in [0.2, 0.25) is 0 Å². The summed E-state index contributed by atoms with van der Waals surface area (Å²) in [5.41, 5.74) is 22.3. The molecule has 2 saturated carbocycles. The summed E-state index contributed by atoms with van der Waals surface area (Å²) in [6.07, 6.45) is 8.28. The minimum absolute atomic E-state index is 0. The van der Waals surface area contributed by atoms with Crippen molar-refractivity contribution in [2.24, 2.45) is 11.8 Å². The standard InChI is InChI=1S/2C21H18N2O2.2C21H18N2O.2C20H16N2O2.CH4/c1-14-3-5-16(6-4-14)7-8-17-9-10-18-19(11-17)22-20-13-25-15(2)12-23(20)21(18)24;1-14-4-3-5-16(10-14)6-7-17-8-9-18-19(11-17)22-20-13-25-15(2)12-23(20)21(18)24;1-15-2-4-16(5-3-15)6-7-17-10-11-19-20(12-17)22-14-23(21(19)24)13-18-8-9-18;1-15-3-2-4-16(11-15)5-6-17-9-10-19-20(12-17)22-14-23(21(19)24)13-18-7-8-18;1-14-2-4-15(5-3-14)6-7-16-8-9-17-18(12-16)21-19-13-24-11-10-22(19)20(17)23;1-14-3-2-4-15(11-14)5-6-16-7-8-17-18(12-16)21-19-13-24-10-9-22(19)20(17)23;/h3-6,9-11,15H,12-13H2,1-2H3;3-5,8-11,15H,12-13H2,1-2H3;2-5,10-12,14,18H,8-9,13H2,1H3;2-4,9-12,14,18H,7-8,13H2,1H3;2-5,8-9,12H,10-11,13H2,1H3;2-4,7-8,11-12H,9-10,13H2,1H3;1H4. The molecule has 24 rings (SSSR count). The molecule has 4 aliphatic heterocycles. The Balaban J connectivity index is 0.000000115. The van der Waals surface area contributed by atoms with Gasteiger partial charge in [-0.05, 0) is 292 Å². The zero-order valence-electron chi connectivity index (χ0n) is 82.5. The molecule has 22 nitrogen and oxygen atoms in total. The smallest absolute Gasteiger partial charge is 0.261 e. The average molecular weight is 1940 g/mol. The van der Waals surface area contributed by atoms with Gasteiger partial charge >= 0.3 is 0 Å². The largest absolute Gasteiger partial charge is 0.372 e. The summed E-state index contributed by atoms with van der Waals surface area (Å²) in [7, 11) is 0. The molecule has 0 amide bonds. The second kappa shape index (κ2) is 45.5. The Morgan fingerprint density at radius 2 is 0.517 bits per heavy atom. The van der Waals surface area contributed by atoms with E-state index in [0.29, 0.717) is 166 Å². The lowest BCUT2D eigenvalue weighted by Crippen LogP contribution is -2.35. The van der Waals surface area contributed by atoms with E-state index < -0.39 is 0 Å². The average Bonchev–Trinajstić information content (AvgIpc) is 1.60. The van der Waals surface area contributed by atoms with Gasteiger partial charge in [0, 0.05) is 79.9 Å². The molecule has 0 radical (unpaired) electrons. The SMILES string of the molecule is C.Cc1ccc(C#Cc2ccc3c(=O)n(CC4CC4)cnc3c2)cc1.Cc1ccc(C#Cc2ccc3c(=O)n4c(nc3c2)COC(C)C4)cc1.Cc1ccc(C#Cc2ccc3c(=O)n4c(nc3c2)COCC4)cc1.Cc1cccc(C#Cc2ccc3c(=O)n(CC4CC4)cnc3c2)c1.Cc1cccc(C#Cc2ccc3c(=O)n4c(nc3c2)COC(C)C4)c1.Cc1cccc(C#Cc2ccc3c(=O)n4c(nc3c2)COCC4)c1. The third-order valence-corrected chi connectivity index (χ3v) is 25.7. The van der Waals surface area contributed by atoms with Crippen LogP contribution in [0.25, 0.3) is 65.4 Å². The van der Waals surface area contributed by atoms with Crippen LogP contribution in [0.3, 0.4) is 0 Å². The van der Waals surface area contributed by atoms with Crippen LogP contribution in [0.1, 0.15) is 170 Å². The molecule has 6 aliphatic rings. The van der Waals surface area contributed by atoms with Crippen LogP contribution in [0.5, 0.6) is 0 Å². The summed E-state index contributed by atoms with van der Waals surface area (Å²) in [6, 6.07) is 82.1. The molecule has 6 aromatic heterocycles. The third kappa shape index (κ3) is 25.1. The van der Waals surface area contributed by atoms with Crippen molar-refractivity contribution in [3.05, 3.63) is 453 Å². The zero-order chi connectivity index (χ0) is 101. The van der Waals surface area contributed by atoms with Gasteiger partial charge in [0.05, 0.1) is 130 Å². The molecule has 10 heterocycles. The maximum atomic E-state index is 12.7. The monoisotopic (exact) mass is 1940 g/mol. The highest BCUT2D eigenvalue weighted by molar-refractivity contribution is 5.84. The summed E-state index contributed by atoms with van der Waals surface area (Å²) in [4.78, 5) is 103. The van der Waals surface area contributed by atoms with Gasteiger partial charge in [0.2, 0.25) is 0 Å². The molecular weight excluding hydrogens is 1830 g/mol. The van der Waals surface area contributed by atoms with Gasteiger partial charge in [-0.25, -0.2) is 29.9 Å². The lowest BCUT2D eigenvalue weighted by atomic mass is 10.1. The first-order valence-electron chi connectivity index (χ1n) is 49.0. The van der Waals surface area contributed by atoms with Crippen molar-refractivity contribution in [2.45, 2.75) is 166 Å². The van der Waals surface area contributed by atoms with Crippen molar-refractivity contribution in [1.29, 1.82) is 0 Å². The number of fused-ring (bicyclic) bond motifs is 10. The Hall–Kier alpha value is -17.3. The van der Waals surface area contributed by atoms with Crippen molar-refractivity contribution >= 4 is 65.4 Å². The van der Waals surface area contributed by atoms with Crippen molar-refractivity contribution in [1.82, 2.24) is 57.3 Å². The molecule has 147 heavy (non-hydrogen) atoms. The Labute approximate surface area is 851 Å². The van der Waals surface area contributed by atoms with E-state index in [4.69, 9.17) is 18.9 Å². The molecule has 22 heteroatoms. The minimum Gasteiger partial charge on any atom is -0.372 e. The number of hydrogen-bond acceptors (Lipinski definition) is 16. The van der Waals surface area contributed by atoms with E-state index in [1.165, 1.54) is 59.1 Å². The Bertz CT molecular complexity index is 8990. The predicted molar refractivity (Wildman–Crippen MR) is 579 cm³/mol. The van der Waals surface area contributed by atoms with E-state index in [1.54, 1.807) is 40.1 Å². The summed E-state index contributed by atoms with van der Waals surface area (Å²) in [5.74, 6) is 41.9. The highest BCUT2D eigenvalue weighted by atomic mass is 16.5. The van der Waals surface area contributed by atoms with Gasteiger partial charge in [0.1, 0.15) is 49.7 Å². The van der Waals surface area contributed by atoms with Crippen LogP contribution in [0, 0.1) is 124 Å². The number of aromatic nitrogens is 12.